The summed E-state index contributed by atoms with van der Waals surface area (Å²) >= 11 is 2.63. The number of rotatable bonds is 8. The molecule has 36 heavy (non-hydrogen) atoms. The second-order valence-corrected chi connectivity index (χ2v) is 9.88. The minimum Gasteiger partial charge on any atom is -0.477 e. The third-order valence-electron chi connectivity index (χ3n) is 5.54. The van der Waals surface area contributed by atoms with Gasteiger partial charge in [0.1, 0.15) is 23.2 Å². The van der Waals surface area contributed by atoms with Crippen molar-refractivity contribution in [3.8, 4) is 0 Å². The van der Waals surface area contributed by atoms with Gasteiger partial charge in [-0.05, 0) is 33.7 Å². The average Bonchev–Trinajstić information content (AvgIpc) is 3.29. The molecule has 1 fully saturated rings. The summed E-state index contributed by atoms with van der Waals surface area (Å²) in [7, 11) is 3.16. The molecule has 3 heterocycles. The van der Waals surface area contributed by atoms with E-state index in [0.717, 1.165) is 0 Å². The molecule has 3 atom stereocenters. The Labute approximate surface area is 213 Å². The maximum absolute atomic E-state index is 12.9. The number of hydrogen-bond acceptors (Lipinski definition) is 10. The Morgan fingerprint density at radius 3 is 2.64 bits per heavy atom. The summed E-state index contributed by atoms with van der Waals surface area (Å²) in [5.41, 5.74) is 7.57. The first-order chi connectivity index (χ1) is 17.2. The number of urea groups is 1. The van der Waals surface area contributed by atoms with Crippen molar-refractivity contribution >= 4 is 53.0 Å². The Morgan fingerprint density at radius 2 is 2.03 bits per heavy atom. The van der Waals surface area contributed by atoms with Crippen molar-refractivity contribution in [1.29, 1.82) is 0 Å². The molecule has 0 radical (unpaired) electrons. The van der Waals surface area contributed by atoms with E-state index in [1.54, 1.807) is 31.3 Å². The summed E-state index contributed by atoms with van der Waals surface area (Å²) in [6.45, 7) is 0. The fourth-order valence-corrected chi connectivity index (χ4v) is 5.99. The van der Waals surface area contributed by atoms with Crippen molar-refractivity contribution in [1.82, 2.24) is 35.7 Å². The number of carbonyl (C=O) groups excluding carboxylic acids is 3. The topological polar surface area (TPSA) is 197 Å². The number of benzene rings is 1. The van der Waals surface area contributed by atoms with E-state index in [9.17, 15) is 24.3 Å². The lowest BCUT2D eigenvalue weighted by Crippen LogP contribution is -2.71. The zero-order valence-electron chi connectivity index (χ0n) is 19.2. The van der Waals surface area contributed by atoms with Crippen molar-refractivity contribution < 1.29 is 24.3 Å². The second kappa shape index (κ2) is 10.5. The number of aliphatic carboxylic acids is 1. The third kappa shape index (κ3) is 5.00. The molecule has 190 valence electrons. The smallest absolute Gasteiger partial charge is 0.352 e. The minimum atomic E-state index is -1.22. The predicted octanol–water partition coefficient (Wildman–Crippen LogP) is -0.508. The molecular formula is C20H23N9O5S2. The van der Waals surface area contributed by atoms with Gasteiger partial charge in [-0.25, -0.2) is 14.3 Å². The number of nitrogens with one attached hydrogen (secondary N) is 3. The molecule has 0 spiro atoms. The minimum absolute atomic E-state index is 0.0830. The molecule has 16 heteroatoms. The molecule has 4 rings (SSSR count). The molecule has 4 amide bonds. The largest absolute Gasteiger partial charge is 0.477 e. The number of hydrogen-bond donors (Lipinski definition) is 5. The number of nitrogens with two attached hydrogens (primary N) is 1. The Hall–Kier alpha value is -3.63. The molecule has 2 aromatic rings. The highest BCUT2D eigenvalue weighted by molar-refractivity contribution is 8.01. The van der Waals surface area contributed by atoms with Crippen molar-refractivity contribution in [2.45, 2.75) is 22.6 Å². The summed E-state index contributed by atoms with van der Waals surface area (Å²) in [5.74, 6) is -1.64. The van der Waals surface area contributed by atoms with E-state index >= 15 is 0 Å². The van der Waals surface area contributed by atoms with Crippen LogP contribution in [0.15, 0.2) is 40.7 Å². The summed E-state index contributed by atoms with van der Waals surface area (Å²) in [4.78, 5) is 50.3. The molecular weight excluding hydrogens is 510 g/mol. The van der Waals surface area contributed by atoms with E-state index in [1.807, 2.05) is 0 Å². The first-order valence-corrected chi connectivity index (χ1v) is 12.6. The zero-order chi connectivity index (χ0) is 26.0. The maximum atomic E-state index is 12.9. The van der Waals surface area contributed by atoms with Crippen LogP contribution < -0.4 is 21.7 Å². The fourth-order valence-electron chi connectivity index (χ4n) is 3.65. The van der Waals surface area contributed by atoms with Crippen LogP contribution in [0.25, 0.3) is 0 Å². The number of carboxylic acid groups (broad SMARTS) is 1. The quantitative estimate of drug-likeness (QED) is 0.216. The lowest BCUT2D eigenvalue weighted by atomic mass is 10.0. The van der Waals surface area contributed by atoms with E-state index in [4.69, 9.17) is 5.73 Å². The second-order valence-electron chi connectivity index (χ2n) is 7.83. The van der Waals surface area contributed by atoms with E-state index < -0.39 is 35.2 Å². The highest BCUT2D eigenvalue weighted by atomic mass is 32.2. The van der Waals surface area contributed by atoms with Crippen LogP contribution in [-0.4, -0.2) is 84.0 Å². The van der Waals surface area contributed by atoms with Gasteiger partial charge in [0.2, 0.25) is 11.1 Å². The van der Waals surface area contributed by atoms with E-state index in [2.05, 4.69) is 31.5 Å². The number of thioether (sulfide) groups is 2. The summed E-state index contributed by atoms with van der Waals surface area (Å²) in [6.07, 6.45) is 0. The van der Waals surface area contributed by atoms with Crippen molar-refractivity contribution in [2.75, 3.05) is 23.9 Å². The Balaban J connectivity index is 1.40. The molecule has 0 aliphatic carbocycles. The van der Waals surface area contributed by atoms with Crippen LogP contribution in [0.4, 0.5) is 10.5 Å². The lowest BCUT2D eigenvalue weighted by Gasteiger charge is -2.49. The average molecular weight is 534 g/mol. The molecule has 2 aliphatic heterocycles. The van der Waals surface area contributed by atoms with Gasteiger partial charge in [-0.15, -0.1) is 16.9 Å². The van der Waals surface area contributed by atoms with Crippen LogP contribution in [0, 0.1) is 0 Å². The van der Waals surface area contributed by atoms with Gasteiger partial charge in [-0.3, -0.25) is 14.5 Å². The fraction of sp³-hybridized carbons (Fsp3) is 0.350. The molecule has 14 nitrogen and oxygen atoms in total. The monoisotopic (exact) mass is 533 g/mol. The van der Waals surface area contributed by atoms with Crippen LogP contribution in [0.1, 0.15) is 11.6 Å². The molecule has 0 bridgehead atoms. The molecule has 1 aromatic heterocycles. The maximum Gasteiger partial charge on any atom is 0.352 e. The van der Waals surface area contributed by atoms with Crippen molar-refractivity contribution in [3.63, 3.8) is 0 Å². The van der Waals surface area contributed by atoms with Gasteiger partial charge >= 0.3 is 12.0 Å². The Bertz CT molecular complexity index is 1230. The predicted molar refractivity (Wildman–Crippen MR) is 131 cm³/mol. The molecule has 0 saturated carbocycles. The number of nitrogens with zero attached hydrogens (tertiary/aromatic N) is 5. The highest BCUT2D eigenvalue weighted by Crippen LogP contribution is 2.41. The molecule has 2 unspecified atom stereocenters. The summed E-state index contributed by atoms with van der Waals surface area (Å²) < 4.78 is 1.47. The number of β-lactam (4-membered cyclic amide) rings is 1. The van der Waals surface area contributed by atoms with Crippen LogP contribution >= 0.6 is 23.5 Å². The van der Waals surface area contributed by atoms with Gasteiger partial charge in [0, 0.05) is 31.3 Å². The number of fused-ring (bicyclic) bond motifs is 1. The number of aromatic nitrogens is 4. The van der Waals surface area contributed by atoms with E-state index in [-0.39, 0.29) is 11.7 Å². The number of aryl methyl sites for hydroxylation is 1. The van der Waals surface area contributed by atoms with Gasteiger partial charge in [0.25, 0.3) is 5.91 Å². The first-order valence-electron chi connectivity index (χ1n) is 10.6. The lowest BCUT2D eigenvalue weighted by molar-refractivity contribution is -0.150. The van der Waals surface area contributed by atoms with E-state index in [1.165, 1.54) is 40.2 Å². The Kier molecular flexibility index (Phi) is 7.46. The van der Waals surface area contributed by atoms with Crippen LogP contribution in [0.2, 0.25) is 0 Å². The zero-order valence-corrected chi connectivity index (χ0v) is 20.8. The molecule has 2 aliphatic rings. The molecule has 1 saturated heterocycles. The van der Waals surface area contributed by atoms with Crippen LogP contribution in [0.3, 0.4) is 0 Å². The Morgan fingerprint density at radius 1 is 1.31 bits per heavy atom. The van der Waals surface area contributed by atoms with Gasteiger partial charge in [-0.1, -0.05) is 23.9 Å². The number of carboxylic acids is 1. The number of carbonyl (C=O) groups is 4. The van der Waals surface area contributed by atoms with Crippen molar-refractivity contribution in [3.05, 3.63) is 41.1 Å². The SMILES string of the molecule is CNC(=O)Nc1ccc(C(N)C(=O)NC2C(=O)N3C(C(=O)O)=C(CSc4nnnn4C)CS[C@H]23)cc1. The van der Waals surface area contributed by atoms with Crippen LogP contribution in [0.5, 0.6) is 0 Å². The molecule has 1 aromatic carbocycles. The molecule has 6 N–H and O–H groups in total. The number of tetrazole rings is 1. The number of anilines is 1. The van der Waals surface area contributed by atoms with Crippen molar-refractivity contribution in [2.24, 2.45) is 12.8 Å². The van der Waals surface area contributed by atoms with Gasteiger partial charge in [0.15, 0.2) is 0 Å². The third-order valence-corrected chi connectivity index (χ3v) is 7.98. The van der Waals surface area contributed by atoms with E-state index in [0.29, 0.717) is 33.5 Å². The number of amides is 4. The highest BCUT2D eigenvalue weighted by Gasteiger charge is 2.54. The normalized spacial score (nSPS) is 19.8. The van der Waals surface area contributed by atoms with Gasteiger partial charge < -0.3 is 26.8 Å². The standard InChI is InChI=1S/C20H23N9O5S2/c1-22-19(34)23-11-5-3-9(4-6-11)12(21)15(30)24-13-16(31)29-14(18(32)33)10(7-35-17(13)29)8-36-20-25-26-27-28(20)2/h3-6,12-13,17H,7-8,21H2,1-2H3,(H,24,30)(H,32,33)(H2,22,23,34)/t12?,13?,17-/m1/s1. The summed E-state index contributed by atoms with van der Waals surface area (Å²) in [6, 6.07) is 4.07. The first kappa shape index (κ1) is 25.5. The summed E-state index contributed by atoms with van der Waals surface area (Å²) in [5, 5.41) is 28.6. The van der Waals surface area contributed by atoms with Gasteiger partial charge in [0.05, 0.1) is 0 Å². The van der Waals surface area contributed by atoms with Gasteiger partial charge in [-0.2, -0.15) is 0 Å². The van der Waals surface area contributed by atoms with Crippen LogP contribution in [-0.2, 0) is 21.4 Å².